The Morgan fingerprint density at radius 2 is 2.27 bits per heavy atom. The summed E-state index contributed by atoms with van der Waals surface area (Å²) in [6, 6.07) is 0. The van der Waals surface area contributed by atoms with Crippen molar-refractivity contribution in [1.29, 1.82) is 0 Å². The Morgan fingerprint density at radius 1 is 1.47 bits per heavy atom. The number of fused-ring (bicyclic) bond motifs is 3. The monoisotopic (exact) mass is 206 g/mol. The van der Waals surface area contributed by atoms with E-state index in [4.69, 9.17) is 4.74 Å². The fourth-order valence-corrected chi connectivity index (χ4v) is 3.43. The molecule has 0 N–H and O–H groups in total. The van der Waals surface area contributed by atoms with E-state index in [0.717, 1.165) is 12.8 Å². The molecule has 0 unspecified atom stereocenters. The molecule has 0 aromatic heterocycles. The molecule has 15 heavy (non-hydrogen) atoms. The van der Waals surface area contributed by atoms with Crippen molar-refractivity contribution in [2.24, 2.45) is 17.3 Å². The summed E-state index contributed by atoms with van der Waals surface area (Å²) in [6.45, 7) is 2.12. The first-order chi connectivity index (χ1) is 7.10. The lowest BCUT2D eigenvalue weighted by atomic mass is 9.63. The third-order valence-electron chi connectivity index (χ3n) is 4.20. The van der Waals surface area contributed by atoms with Crippen LogP contribution in [-0.2, 0) is 14.3 Å². The molecule has 0 aromatic rings. The van der Waals surface area contributed by atoms with E-state index in [1.807, 2.05) is 6.08 Å². The number of allylic oxidation sites excluding steroid dienone is 2. The highest BCUT2D eigenvalue weighted by atomic mass is 16.5. The van der Waals surface area contributed by atoms with Gasteiger partial charge in [0.15, 0.2) is 5.78 Å². The van der Waals surface area contributed by atoms with Gasteiger partial charge in [-0.15, -0.1) is 0 Å². The van der Waals surface area contributed by atoms with Crippen LogP contribution in [0.1, 0.15) is 26.2 Å². The first-order valence-electron chi connectivity index (χ1n) is 5.53. The van der Waals surface area contributed by atoms with E-state index >= 15 is 0 Å². The molecule has 1 saturated carbocycles. The third-order valence-corrected chi connectivity index (χ3v) is 4.20. The molecule has 3 aliphatic rings. The minimum atomic E-state index is -0.131. The molecule has 1 saturated heterocycles. The molecule has 1 heterocycles. The van der Waals surface area contributed by atoms with E-state index in [9.17, 15) is 9.59 Å². The van der Waals surface area contributed by atoms with Crippen LogP contribution >= 0.6 is 0 Å². The number of ketones is 1. The molecule has 0 amide bonds. The second kappa shape index (κ2) is 2.71. The molecule has 0 bridgehead atoms. The maximum Gasteiger partial charge on any atom is 0.306 e. The van der Waals surface area contributed by atoms with E-state index in [1.165, 1.54) is 0 Å². The molecule has 0 aromatic carbocycles. The number of ether oxygens (including phenoxy) is 1. The van der Waals surface area contributed by atoms with Gasteiger partial charge in [-0.25, -0.2) is 0 Å². The van der Waals surface area contributed by atoms with Crippen LogP contribution in [0.4, 0.5) is 0 Å². The van der Waals surface area contributed by atoms with Gasteiger partial charge in [0.05, 0.1) is 6.42 Å². The Kier molecular flexibility index (Phi) is 1.65. The fraction of sp³-hybridized carbons (Fsp3) is 0.667. The van der Waals surface area contributed by atoms with Gasteiger partial charge in [0, 0.05) is 11.8 Å². The number of hydrogen-bond donors (Lipinski definition) is 0. The second-order valence-corrected chi connectivity index (χ2v) is 5.15. The number of hydrogen-bond acceptors (Lipinski definition) is 3. The van der Waals surface area contributed by atoms with Gasteiger partial charge in [-0.1, -0.05) is 13.0 Å². The van der Waals surface area contributed by atoms with Gasteiger partial charge >= 0.3 is 5.97 Å². The van der Waals surface area contributed by atoms with Gasteiger partial charge < -0.3 is 4.74 Å². The van der Waals surface area contributed by atoms with Crippen LogP contribution in [0.3, 0.4) is 0 Å². The van der Waals surface area contributed by atoms with Crippen molar-refractivity contribution in [2.75, 3.05) is 0 Å². The Balaban J connectivity index is 1.97. The molecule has 80 valence electrons. The Hall–Kier alpha value is -1.12. The van der Waals surface area contributed by atoms with E-state index in [2.05, 4.69) is 6.92 Å². The highest BCUT2D eigenvalue weighted by Crippen LogP contribution is 2.52. The van der Waals surface area contributed by atoms with Crippen molar-refractivity contribution >= 4 is 11.8 Å². The molecular weight excluding hydrogens is 192 g/mol. The summed E-state index contributed by atoms with van der Waals surface area (Å²) in [5.41, 5.74) is -0.0216. The molecule has 3 rings (SSSR count). The zero-order valence-corrected chi connectivity index (χ0v) is 8.73. The van der Waals surface area contributed by atoms with Crippen molar-refractivity contribution in [1.82, 2.24) is 0 Å². The van der Waals surface area contributed by atoms with Crippen LogP contribution in [0.2, 0.25) is 0 Å². The van der Waals surface area contributed by atoms with Crippen molar-refractivity contribution in [3.05, 3.63) is 12.2 Å². The normalized spacial score (nSPS) is 47.7. The highest BCUT2D eigenvalue weighted by Gasteiger charge is 2.54. The lowest BCUT2D eigenvalue weighted by Crippen LogP contribution is -2.42. The van der Waals surface area contributed by atoms with Crippen LogP contribution in [-0.4, -0.2) is 17.9 Å². The quantitative estimate of drug-likeness (QED) is 0.564. The molecule has 2 fully saturated rings. The van der Waals surface area contributed by atoms with E-state index in [-0.39, 0.29) is 35.1 Å². The molecule has 0 spiro atoms. The van der Waals surface area contributed by atoms with Gasteiger partial charge in [-0.2, -0.15) is 0 Å². The molecule has 3 nitrogen and oxygen atoms in total. The van der Waals surface area contributed by atoms with Crippen LogP contribution in [0.25, 0.3) is 0 Å². The Bertz CT molecular complexity index is 371. The lowest BCUT2D eigenvalue weighted by molar-refractivity contribution is -0.143. The molecule has 4 atom stereocenters. The molecule has 2 aliphatic carbocycles. The topological polar surface area (TPSA) is 43.4 Å². The second-order valence-electron chi connectivity index (χ2n) is 5.15. The average Bonchev–Trinajstić information content (AvgIpc) is 2.67. The summed E-state index contributed by atoms with van der Waals surface area (Å²) in [7, 11) is 0. The van der Waals surface area contributed by atoms with Crippen molar-refractivity contribution in [3.63, 3.8) is 0 Å². The maximum atomic E-state index is 11.8. The van der Waals surface area contributed by atoms with Gasteiger partial charge in [0.2, 0.25) is 0 Å². The fourth-order valence-electron chi connectivity index (χ4n) is 3.43. The Labute approximate surface area is 88.5 Å². The van der Waals surface area contributed by atoms with Crippen molar-refractivity contribution < 1.29 is 14.3 Å². The van der Waals surface area contributed by atoms with Crippen LogP contribution in [0.5, 0.6) is 0 Å². The average molecular weight is 206 g/mol. The SMILES string of the molecule is C[C@@]12C=CC(=O)[C@@H]1[C@H]1CC(=O)O[C@H]1CC2. The van der Waals surface area contributed by atoms with Crippen molar-refractivity contribution in [3.8, 4) is 0 Å². The van der Waals surface area contributed by atoms with Gasteiger partial charge in [0.1, 0.15) is 6.10 Å². The minimum Gasteiger partial charge on any atom is -0.462 e. The maximum absolute atomic E-state index is 11.8. The third kappa shape index (κ3) is 1.12. The standard InChI is InChI=1S/C12H14O3/c1-12-4-2-8(13)11(12)7-6-10(14)15-9(7)3-5-12/h2,4,7,9,11H,3,5-6H2,1H3/t7-,9-,11-,12-/m0/s1. The molecule has 3 heteroatoms. The Morgan fingerprint density at radius 3 is 3.07 bits per heavy atom. The van der Waals surface area contributed by atoms with Crippen LogP contribution in [0.15, 0.2) is 12.2 Å². The summed E-state index contributed by atoms with van der Waals surface area (Å²) >= 11 is 0. The number of esters is 1. The predicted molar refractivity (Wildman–Crippen MR) is 53.0 cm³/mol. The molecule has 1 aliphatic heterocycles. The molecular formula is C12H14O3. The largest absolute Gasteiger partial charge is 0.462 e. The van der Waals surface area contributed by atoms with Gasteiger partial charge in [-0.3, -0.25) is 9.59 Å². The van der Waals surface area contributed by atoms with Crippen molar-refractivity contribution in [2.45, 2.75) is 32.3 Å². The smallest absolute Gasteiger partial charge is 0.306 e. The van der Waals surface area contributed by atoms with Crippen LogP contribution in [0, 0.1) is 17.3 Å². The summed E-state index contributed by atoms with van der Waals surface area (Å²) in [4.78, 5) is 23.1. The van der Waals surface area contributed by atoms with Crippen LogP contribution < -0.4 is 0 Å². The van der Waals surface area contributed by atoms with Gasteiger partial charge in [0.25, 0.3) is 0 Å². The predicted octanol–water partition coefficient (Wildman–Crippen LogP) is 1.47. The zero-order valence-electron chi connectivity index (χ0n) is 8.73. The molecule has 0 radical (unpaired) electrons. The summed E-state index contributed by atoms with van der Waals surface area (Å²) < 4.78 is 5.25. The summed E-state index contributed by atoms with van der Waals surface area (Å²) in [6.07, 6.45) is 6.00. The van der Waals surface area contributed by atoms with E-state index < -0.39 is 0 Å². The van der Waals surface area contributed by atoms with E-state index in [1.54, 1.807) is 6.08 Å². The van der Waals surface area contributed by atoms with E-state index in [0.29, 0.717) is 6.42 Å². The lowest BCUT2D eigenvalue weighted by Gasteiger charge is -2.40. The minimum absolute atomic E-state index is 0.000532. The zero-order chi connectivity index (χ0) is 10.6. The number of carbonyl (C=O) groups excluding carboxylic acids is 2. The summed E-state index contributed by atoms with van der Waals surface area (Å²) in [5, 5.41) is 0. The highest BCUT2D eigenvalue weighted by molar-refractivity contribution is 5.96. The number of carbonyl (C=O) groups is 2. The first kappa shape index (κ1) is 9.13. The summed E-state index contributed by atoms with van der Waals surface area (Å²) in [5.74, 6) is 0.167. The number of rotatable bonds is 0. The first-order valence-corrected chi connectivity index (χ1v) is 5.53. The van der Waals surface area contributed by atoms with Gasteiger partial charge in [-0.05, 0) is 24.3 Å².